The number of amides is 2. The lowest BCUT2D eigenvalue weighted by Gasteiger charge is -2.35. The first-order valence-electron chi connectivity index (χ1n) is 15.3. The van der Waals surface area contributed by atoms with Crippen molar-refractivity contribution in [2.45, 2.75) is 44.7 Å². The van der Waals surface area contributed by atoms with Gasteiger partial charge in [0, 0.05) is 68.5 Å². The van der Waals surface area contributed by atoms with Gasteiger partial charge >= 0.3 is 6.03 Å². The molecule has 0 atom stereocenters. The number of benzene rings is 1. The molecule has 3 aromatic rings. The molecule has 6 rings (SSSR count). The second-order valence-corrected chi connectivity index (χ2v) is 13.8. The molecule has 236 valence electrons. The maximum absolute atomic E-state index is 14.2. The summed E-state index contributed by atoms with van der Waals surface area (Å²) in [7, 11) is -3.31. The Labute approximate surface area is 257 Å². The average molecular weight is 625 g/mol. The lowest BCUT2D eigenvalue weighted by Crippen LogP contribution is -2.54. The van der Waals surface area contributed by atoms with E-state index < -0.39 is 10.0 Å². The summed E-state index contributed by atoms with van der Waals surface area (Å²) < 4.78 is 32.9. The van der Waals surface area contributed by atoms with Crippen molar-refractivity contribution in [2.24, 2.45) is 0 Å². The number of pyridine rings is 1. The summed E-state index contributed by atoms with van der Waals surface area (Å²) in [4.78, 5) is 38.2. The minimum atomic E-state index is -3.31. The van der Waals surface area contributed by atoms with Crippen LogP contribution in [0.1, 0.15) is 37.3 Å². The summed E-state index contributed by atoms with van der Waals surface area (Å²) in [5.41, 5.74) is 5.78. The van der Waals surface area contributed by atoms with Crippen LogP contribution in [0.3, 0.4) is 0 Å². The van der Waals surface area contributed by atoms with Crippen LogP contribution in [0, 0.1) is 6.92 Å². The lowest BCUT2D eigenvalue weighted by atomic mass is 9.99. The zero-order chi connectivity index (χ0) is 30.8. The minimum absolute atomic E-state index is 0.0734. The molecule has 0 aliphatic carbocycles. The summed E-state index contributed by atoms with van der Waals surface area (Å²) in [6.45, 7) is 6.46. The van der Waals surface area contributed by atoms with Gasteiger partial charge in [0.25, 0.3) is 5.56 Å². The molecule has 0 spiro atoms. The van der Waals surface area contributed by atoms with Gasteiger partial charge in [-0.3, -0.25) is 14.8 Å². The third kappa shape index (κ3) is 6.58. The van der Waals surface area contributed by atoms with Crippen LogP contribution >= 0.6 is 0 Å². The van der Waals surface area contributed by atoms with Gasteiger partial charge in [-0.05, 0) is 49.8 Å². The summed E-state index contributed by atoms with van der Waals surface area (Å²) in [6.07, 6.45) is 5.47. The van der Waals surface area contributed by atoms with Crippen molar-refractivity contribution in [3.63, 3.8) is 0 Å². The molecule has 1 aromatic carbocycles. The fraction of sp³-hybridized carbons (Fsp3) is 0.533. The van der Waals surface area contributed by atoms with E-state index in [0.29, 0.717) is 82.5 Å². The molecule has 0 unspecified atom stereocenters. The number of aryl methyl sites for hydroxylation is 1. The zero-order valence-corrected chi connectivity index (χ0v) is 26.1. The molecule has 3 aliphatic rings. The Bertz CT molecular complexity index is 1670. The van der Waals surface area contributed by atoms with Gasteiger partial charge in [0.15, 0.2) is 0 Å². The van der Waals surface area contributed by atoms with Crippen LogP contribution in [0.5, 0.6) is 0 Å². The molecule has 2 amide bonds. The number of hydrogen-bond acceptors (Lipinski definition) is 9. The number of sulfonamides is 1. The highest BCUT2D eigenvalue weighted by atomic mass is 32.2. The van der Waals surface area contributed by atoms with Crippen molar-refractivity contribution < 1.29 is 17.9 Å². The van der Waals surface area contributed by atoms with Gasteiger partial charge in [-0.2, -0.15) is 4.98 Å². The highest BCUT2D eigenvalue weighted by molar-refractivity contribution is 7.88. The SMILES string of the molecule is Cc1ccccc1-c1cc2cnc(NC3CCN(C(=O)NN4CCOCC4)CC3)nc2n(C2CCN(S(C)(=O)=O)CC2)c1=O. The fourth-order valence-electron chi connectivity index (χ4n) is 6.32. The van der Waals surface area contributed by atoms with Crippen molar-refractivity contribution >= 4 is 33.0 Å². The van der Waals surface area contributed by atoms with Crippen LogP contribution in [0.15, 0.2) is 41.3 Å². The number of fused-ring (bicyclic) bond motifs is 1. The van der Waals surface area contributed by atoms with Crippen molar-refractivity contribution in [1.82, 2.24) is 34.2 Å². The van der Waals surface area contributed by atoms with Crippen molar-refractivity contribution in [3.8, 4) is 11.1 Å². The first-order chi connectivity index (χ1) is 21.2. The van der Waals surface area contributed by atoms with Gasteiger partial charge in [-0.25, -0.2) is 27.5 Å². The van der Waals surface area contributed by atoms with E-state index >= 15 is 0 Å². The number of nitrogens with one attached hydrogen (secondary N) is 2. The van der Waals surface area contributed by atoms with Crippen molar-refractivity contribution in [1.29, 1.82) is 0 Å². The molecule has 2 N–H and O–H groups in total. The smallest absolute Gasteiger partial charge is 0.331 e. The fourth-order valence-corrected chi connectivity index (χ4v) is 7.19. The monoisotopic (exact) mass is 624 g/mol. The van der Waals surface area contributed by atoms with Crippen molar-refractivity contribution in [3.05, 3.63) is 52.4 Å². The molecule has 3 fully saturated rings. The maximum Gasteiger partial charge on any atom is 0.331 e. The topological polar surface area (TPSA) is 142 Å². The number of aromatic nitrogens is 3. The van der Waals surface area contributed by atoms with E-state index in [1.54, 1.807) is 10.8 Å². The number of morpholine rings is 1. The van der Waals surface area contributed by atoms with Crippen LogP contribution in [0.25, 0.3) is 22.2 Å². The zero-order valence-electron chi connectivity index (χ0n) is 25.2. The van der Waals surface area contributed by atoms with E-state index in [1.807, 2.05) is 47.2 Å². The third-order valence-corrected chi connectivity index (χ3v) is 10.1. The van der Waals surface area contributed by atoms with Gasteiger partial charge in [-0.1, -0.05) is 24.3 Å². The number of carbonyl (C=O) groups is 1. The summed E-state index contributed by atoms with van der Waals surface area (Å²) in [5, 5.41) is 6.08. The molecule has 3 aliphatic heterocycles. The highest BCUT2D eigenvalue weighted by Crippen LogP contribution is 2.29. The van der Waals surface area contributed by atoms with Gasteiger partial charge in [0.1, 0.15) is 5.65 Å². The Balaban J connectivity index is 1.23. The number of hydrazine groups is 1. The molecule has 44 heavy (non-hydrogen) atoms. The van der Waals surface area contributed by atoms with Crippen LogP contribution < -0.4 is 16.3 Å². The van der Waals surface area contributed by atoms with Gasteiger partial charge in [0.05, 0.1) is 19.5 Å². The van der Waals surface area contributed by atoms with E-state index in [2.05, 4.69) is 15.7 Å². The number of anilines is 1. The molecule has 0 bridgehead atoms. The Morgan fingerprint density at radius 2 is 1.68 bits per heavy atom. The van der Waals surface area contributed by atoms with Gasteiger partial charge in [0.2, 0.25) is 16.0 Å². The number of likely N-dealkylation sites (tertiary alicyclic amines) is 1. The predicted molar refractivity (Wildman–Crippen MR) is 168 cm³/mol. The maximum atomic E-state index is 14.2. The normalized spacial score (nSPS) is 19.7. The lowest BCUT2D eigenvalue weighted by molar-refractivity contribution is 0.0154. The van der Waals surface area contributed by atoms with Crippen LogP contribution in [-0.4, -0.2) is 108 Å². The number of rotatable bonds is 6. The summed E-state index contributed by atoms with van der Waals surface area (Å²) in [5.74, 6) is 0.430. The van der Waals surface area contributed by atoms with E-state index in [0.717, 1.165) is 29.4 Å². The number of piperidine rings is 2. The first kappa shape index (κ1) is 30.4. The van der Waals surface area contributed by atoms with E-state index in [4.69, 9.17) is 9.72 Å². The standard InChI is InChI=1S/C30H40N8O5S/c1-21-5-3-4-6-25(21)26-19-22-20-31-29(32-23-7-11-35(12-8-23)30(40)34-36-15-17-43-18-16-36)33-27(22)38(28(26)39)24-9-13-37(14-10-24)44(2,41)42/h3-6,19-20,23-24H,7-18H2,1-2H3,(H,34,40)(H,31,32,33). The largest absolute Gasteiger partial charge is 0.379 e. The highest BCUT2D eigenvalue weighted by Gasteiger charge is 2.29. The summed E-state index contributed by atoms with van der Waals surface area (Å²) >= 11 is 0. The Morgan fingerprint density at radius 1 is 0.977 bits per heavy atom. The molecule has 3 saturated heterocycles. The Hall–Kier alpha value is -3.59. The molecule has 0 saturated carbocycles. The minimum Gasteiger partial charge on any atom is -0.379 e. The molecule has 5 heterocycles. The average Bonchev–Trinajstić information content (AvgIpc) is 3.02. The van der Waals surface area contributed by atoms with E-state index in [1.165, 1.54) is 10.6 Å². The second kappa shape index (κ2) is 12.8. The van der Waals surface area contributed by atoms with E-state index in [-0.39, 0.29) is 23.7 Å². The predicted octanol–water partition coefficient (Wildman–Crippen LogP) is 2.20. The number of ether oxygens (including phenoxy) is 1. The number of nitrogens with zero attached hydrogens (tertiary/aromatic N) is 6. The number of hydrogen-bond donors (Lipinski definition) is 2. The van der Waals surface area contributed by atoms with Crippen LogP contribution in [0.2, 0.25) is 0 Å². The molecule has 2 aromatic heterocycles. The second-order valence-electron chi connectivity index (χ2n) is 11.8. The van der Waals surface area contributed by atoms with Crippen LogP contribution in [-0.2, 0) is 14.8 Å². The third-order valence-electron chi connectivity index (χ3n) is 8.85. The van der Waals surface area contributed by atoms with Crippen LogP contribution in [0.4, 0.5) is 10.7 Å². The first-order valence-corrected chi connectivity index (χ1v) is 17.1. The molecule has 13 nitrogen and oxygen atoms in total. The van der Waals surface area contributed by atoms with E-state index in [9.17, 15) is 18.0 Å². The molecule has 14 heteroatoms. The quantitative estimate of drug-likeness (QED) is 0.422. The van der Waals surface area contributed by atoms with Gasteiger partial charge in [-0.15, -0.1) is 0 Å². The Kier molecular flexibility index (Phi) is 8.85. The molecular formula is C30H40N8O5S. The molecule has 0 radical (unpaired) electrons. The van der Waals surface area contributed by atoms with Gasteiger partial charge < -0.3 is 15.0 Å². The number of urea groups is 1. The van der Waals surface area contributed by atoms with Crippen molar-refractivity contribution in [2.75, 3.05) is 64.1 Å². The Morgan fingerprint density at radius 3 is 2.36 bits per heavy atom. The number of carbonyl (C=O) groups excluding carboxylic acids is 1. The summed E-state index contributed by atoms with van der Waals surface area (Å²) in [6, 6.07) is 9.42. The molecular weight excluding hydrogens is 584 g/mol.